The second kappa shape index (κ2) is 9.74. The van der Waals surface area contributed by atoms with Gasteiger partial charge >= 0.3 is 0 Å². The lowest BCUT2D eigenvalue weighted by molar-refractivity contribution is 0.301. The number of anilines is 1. The van der Waals surface area contributed by atoms with Crippen molar-refractivity contribution in [3.05, 3.63) is 24.0 Å². The van der Waals surface area contributed by atoms with E-state index in [0.29, 0.717) is 6.04 Å². The van der Waals surface area contributed by atoms with Crippen LogP contribution in [-0.2, 0) is 0 Å². The van der Waals surface area contributed by atoms with Crippen LogP contribution < -0.4 is 10.2 Å². The molecule has 4 nitrogen and oxygen atoms in total. The molecule has 21 heavy (non-hydrogen) atoms. The molecule has 120 valence electrons. The van der Waals surface area contributed by atoms with Gasteiger partial charge in [-0.15, -0.1) is 0 Å². The third-order valence-corrected chi connectivity index (χ3v) is 4.19. The Hall–Kier alpha value is -1.13. The molecule has 0 aliphatic heterocycles. The minimum atomic E-state index is 0.303. The lowest BCUT2D eigenvalue weighted by Crippen LogP contribution is -2.30. The van der Waals surface area contributed by atoms with Crippen LogP contribution in [0.15, 0.2) is 18.3 Å². The second-order valence-electron chi connectivity index (χ2n) is 5.41. The number of hydrogen-bond donors (Lipinski definition) is 1. The molecular weight excluding hydrogens is 260 g/mol. The molecule has 0 bridgehead atoms. The van der Waals surface area contributed by atoms with E-state index in [2.05, 4.69) is 59.9 Å². The van der Waals surface area contributed by atoms with Crippen LogP contribution in [-0.4, -0.2) is 49.7 Å². The molecule has 1 aromatic heterocycles. The molecule has 0 spiro atoms. The maximum Gasteiger partial charge on any atom is 0.0571 e. The molecule has 1 rings (SSSR count). The zero-order valence-electron chi connectivity index (χ0n) is 14.4. The van der Waals surface area contributed by atoms with E-state index >= 15 is 0 Å². The number of nitrogens with zero attached hydrogens (tertiary/aromatic N) is 3. The van der Waals surface area contributed by atoms with Gasteiger partial charge in [0.05, 0.1) is 17.6 Å². The summed E-state index contributed by atoms with van der Waals surface area (Å²) < 4.78 is 0. The van der Waals surface area contributed by atoms with E-state index in [1.165, 1.54) is 18.7 Å². The van der Waals surface area contributed by atoms with Gasteiger partial charge < -0.3 is 15.1 Å². The highest BCUT2D eigenvalue weighted by Gasteiger charge is 2.08. The largest absolute Gasteiger partial charge is 0.371 e. The van der Waals surface area contributed by atoms with Crippen LogP contribution in [0.25, 0.3) is 0 Å². The normalized spacial score (nSPS) is 12.7. The Morgan fingerprint density at radius 3 is 2.29 bits per heavy atom. The van der Waals surface area contributed by atoms with Crippen molar-refractivity contribution in [1.82, 2.24) is 15.2 Å². The van der Waals surface area contributed by atoms with Crippen molar-refractivity contribution in [3.63, 3.8) is 0 Å². The average Bonchev–Trinajstić information content (AvgIpc) is 2.55. The van der Waals surface area contributed by atoms with Crippen molar-refractivity contribution < 1.29 is 0 Å². The summed E-state index contributed by atoms with van der Waals surface area (Å²) in [4.78, 5) is 9.46. The monoisotopic (exact) mass is 292 g/mol. The first kappa shape index (κ1) is 17.9. The summed E-state index contributed by atoms with van der Waals surface area (Å²) in [5.74, 6) is 0. The zero-order valence-corrected chi connectivity index (χ0v) is 14.4. The van der Waals surface area contributed by atoms with E-state index in [-0.39, 0.29) is 0 Å². The number of pyridine rings is 1. The van der Waals surface area contributed by atoms with Crippen LogP contribution in [0, 0.1) is 0 Å². The first-order valence-corrected chi connectivity index (χ1v) is 8.26. The van der Waals surface area contributed by atoms with Gasteiger partial charge in [-0.25, -0.2) is 0 Å². The third kappa shape index (κ3) is 5.64. The Kier molecular flexibility index (Phi) is 8.31. The predicted octanol–water partition coefficient (Wildman–Crippen LogP) is 2.92. The van der Waals surface area contributed by atoms with Crippen LogP contribution in [0.3, 0.4) is 0 Å². The summed E-state index contributed by atoms with van der Waals surface area (Å²) in [6.07, 6.45) is 3.20. The Morgan fingerprint density at radius 2 is 1.81 bits per heavy atom. The van der Waals surface area contributed by atoms with Crippen molar-refractivity contribution in [3.8, 4) is 0 Å². The maximum absolute atomic E-state index is 4.58. The molecular formula is C17H32N4. The molecule has 0 radical (unpaired) electrons. The Balaban J connectivity index is 2.55. The fourth-order valence-electron chi connectivity index (χ4n) is 2.48. The summed E-state index contributed by atoms with van der Waals surface area (Å²) in [7, 11) is 1.96. The van der Waals surface area contributed by atoms with Gasteiger partial charge in [0.15, 0.2) is 0 Å². The van der Waals surface area contributed by atoms with Gasteiger partial charge in [-0.3, -0.25) is 4.98 Å². The molecule has 0 saturated heterocycles. The van der Waals surface area contributed by atoms with Crippen LogP contribution in [0.2, 0.25) is 0 Å². The second-order valence-corrected chi connectivity index (χ2v) is 5.41. The maximum atomic E-state index is 4.58. The minimum absolute atomic E-state index is 0.303. The predicted molar refractivity (Wildman–Crippen MR) is 92.0 cm³/mol. The summed E-state index contributed by atoms with van der Waals surface area (Å²) in [6.45, 7) is 14.4. The molecule has 1 heterocycles. The van der Waals surface area contributed by atoms with Gasteiger partial charge in [0, 0.05) is 19.1 Å². The van der Waals surface area contributed by atoms with Crippen molar-refractivity contribution >= 4 is 5.69 Å². The molecule has 0 aromatic carbocycles. The van der Waals surface area contributed by atoms with E-state index in [1.54, 1.807) is 0 Å². The molecule has 0 aliphatic rings. The van der Waals surface area contributed by atoms with Crippen molar-refractivity contribution in [2.45, 2.75) is 40.2 Å². The van der Waals surface area contributed by atoms with Crippen LogP contribution in [0.4, 0.5) is 5.69 Å². The van der Waals surface area contributed by atoms with Gasteiger partial charge in [0.25, 0.3) is 0 Å². The number of hydrogen-bond acceptors (Lipinski definition) is 4. The van der Waals surface area contributed by atoms with Crippen LogP contribution in [0.5, 0.6) is 0 Å². The molecule has 4 heteroatoms. The fraction of sp³-hybridized carbons (Fsp3) is 0.706. The first-order chi connectivity index (χ1) is 10.2. The van der Waals surface area contributed by atoms with Crippen molar-refractivity contribution in [2.24, 2.45) is 0 Å². The smallest absolute Gasteiger partial charge is 0.0571 e. The van der Waals surface area contributed by atoms with Crippen LogP contribution >= 0.6 is 0 Å². The Morgan fingerprint density at radius 1 is 1.10 bits per heavy atom. The van der Waals surface area contributed by atoms with Gasteiger partial charge in [-0.2, -0.15) is 0 Å². The quantitative estimate of drug-likeness (QED) is 0.718. The zero-order chi connectivity index (χ0) is 15.7. The van der Waals surface area contributed by atoms with Gasteiger partial charge in [-0.1, -0.05) is 13.8 Å². The van der Waals surface area contributed by atoms with E-state index in [4.69, 9.17) is 0 Å². The molecule has 0 saturated carbocycles. The molecule has 0 amide bonds. The lowest BCUT2D eigenvalue weighted by atomic mass is 10.2. The summed E-state index contributed by atoms with van der Waals surface area (Å²) >= 11 is 0. The molecule has 1 aromatic rings. The van der Waals surface area contributed by atoms with E-state index in [1.807, 2.05) is 13.2 Å². The molecule has 1 unspecified atom stereocenters. The number of nitrogens with one attached hydrogen (secondary N) is 1. The SMILES string of the molecule is CCN(CC)CCCN(CC)c1ccc(C(C)NC)nc1. The average molecular weight is 292 g/mol. The standard InChI is InChI=1S/C17H32N4/c1-6-20(7-2)12-9-13-21(8-3)16-10-11-17(19-14-16)15(4)18-5/h10-11,14-15,18H,6-9,12-13H2,1-5H3. The van der Waals surface area contributed by atoms with Crippen molar-refractivity contribution in [2.75, 3.05) is 44.7 Å². The summed E-state index contributed by atoms with van der Waals surface area (Å²) in [5.41, 5.74) is 2.32. The van der Waals surface area contributed by atoms with Gasteiger partial charge in [0.1, 0.15) is 0 Å². The Bertz CT molecular complexity index is 373. The third-order valence-electron chi connectivity index (χ3n) is 4.19. The molecule has 1 atom stereocenters. The highest BCUT2D eigenvalue weighted by molar-refractivity contribution is 5.44. The minimum Gasteiger partial charge on any atom is -0.371 e. The highest BCUT2D eigenvalue weighted by Crippen LogP contribution is 2.16. The number of rotatable bonds is 10. The van der Waals surface area contributed by atoms with E-state index in [9.17, 15) is 0 Å². The topological polar surface area (TPSA) is 31.4 Å². The van der Waals surface area contributed by atoms with Crippen LogP contribution in [0.1, 0.15) is 45.9 Å². The summed E-state index contributed by atoms with van der Waals surface area (Å²) in [6, 6.07) is 4.62. The van der Waals surface area contributed by atoms with Gasteiger partial charge in [-0.05, 0) is 59.1 Å². The molecule has 0 aliphatic carbocycles. The Labute approximate surface area is 130 Å². The lowest BCUT2D eigenvalue weighted by Gasteiger charge is -2.25. The van der Waals surface area contributed by atoms with E-state index < -0.39 is 0 Å². The molecule has 0 fully saturated rings. The number of aromatic nitrogens is 1. The van der Waals surface area contributed by atoms with Crippen molar-refractivity contribution in [1.29, 1.82) is 0 Å². The highest BCUT2D eigenvalue weighted by atomic mass is 15.1. The summed E-state index contributed by atoms with van der Waals surface area (Å²) in [5, 5.41) is 3.22. The molecule has 1 N–H and O–H groups in total. The first-order valence-electron chi connectivity index (χ1n) is 8.26. The van der Waals surface area contributed by atoms with Gasteiger partial charge in [0.2, 0.25) is 0 Å². The fourth-order valence-corrected chi connectivity index (χ4v) is 2.48. The van der Waals surface area contributed by atoms with E-state index in [0.717, 1.165) is 31.9 Å².